The van der Waals surface area contributed by atoms with Crippen LogP contribution < -0.4 is 10.5 Å². The topological polar surface area (TPSA) is 69.4 Å². The van der Waals surface area contributed by atoms with Crippen LogP contribution in [0.4, 0.5) is 0 Å². The van der Waals surface area contributed by atoms with Crippen LogP contribution in [0.1, 0.15) is 12.5 Å². The van der Waals surface area contributed by atoms with Gasteiger partial charge >= 0.3 is 0 Å². The second kappa shape index (κ2) is 6.88. The second-order valence-electron chi connectivity index (χ2n) is 3.68. The summed E-state index contributed by atoms with van der Waals surface area (Å²) in [5, 5.41) is 0. The molecule has 4 nitrogen and oxygen atoms in total. The van der Waals surface area contributed by atoms with Crippen LogP contribution in [-0.2, 0) is 16.4 Å². The van der Waals surface area contributed by atoms with Gasteiger partial charge in [0.15, 0.2) is 9.84 Å². The summed E-state index contributed by atoms with van der Waals surface area (Å²) in [6.45, 7) is 2.19. The van der Waals surface area contributed by atoms with Crippen molar-refractivity contribution in [3.8, 4) is 5.75 Å². The Bertz CT molecular complexity index is 494. The molecule has 0 aliphatic heterocycles. The van der Waals surface area contributed by atoms with Crippen molar-refractivity contribution in [2.75, 3.05) is 18.1 Å². The Kier molecular flexibility index (Phi) is 6.10. The molecule has 0 heterocycles. The average molecular weight is 401 g/mol. The van der Waals surface area contributed by atoms with E-state index >= 15 is 0 Å². The van der Waals surface area contributed by atoms with Gasteiger partial charge in [-0.3, -0.25) is 0 Å². The predicted octanol–water partition coefficient (Wildman–Crippen LogP) is 2.48. The summed E-state index contributed by atoms with van der Waals surface area (Å²) in [6, 6.07) is 3.71. The van der Waals surface area contributed by atoms with Gasteiger partial charge in [0.25, 0.3) is 0 Å². The Morgan fingerprint density at radius 3 is 2.28 bits per heavy atom. The molecule has 0 radical (unpaired) electrons. The maximum Gasteiger partial charge on any atom is 0.153 e. The average Bonchev–Trinajstić information content (AvgIpc) is 2.32. The number of sulfone groups is 1. The molecule has 0 saturated carbocycles. The molecule has 2 N–H and O–H groups in total. The Balaban J connectivity index is 2.74. The fourth-order valence-electron chi connectivity index (χ4n) is 1.28. The molecule has 0 saturated heterocycles. The monoisotopic (exact) mass is 399 g/mol. The Labute approximate surface area is 124 Å². The van der Waals surface area contributed by atoms with Crippen molar-refractivity contribution in [3.05, 3.63) is 26.6 Å². The zero-order chi connectivity index (χ0) is 13.8. The Morgan fingerprint density at radius 1 is 1.28 bits per heavy atom. The highest BCUT2D eigenvalue weighted by molar-refractivity contribution is 9.11. The fourth-order valence-corrected chi connectivity index (χ4v) is 3.42. The van der Waals surface area contributed by atoms with Crippen molar-refractivity contribution in [1.29, 1.82) is 0 Å². The van der Waals surface area contributed by atoms with Crippen molar-refractivity contribution >= 4 is 41.7 Å². The first-order valence-electron chi connectivity index (χ1n) is 5.41. The zero-order valence-corrected chi connectivity index (χ0v) is 13.9. The summed E-state index contributed by atoms with van der Waals surface area (Å²) in [7, 11) is -3.00. The molecular weight excluding hydrogens is 386 g/mol. The number of nitrogens with two attached hydrogens (primary N) is 1. The lowest BCUT2D eigenvalue weighted by atomic mass is 10.2. The highest BCUT2D eigenvalue weighted by Crippen LogP contribution is 2.34. The Hall–Kier alpha value is -0.110. The van der Waals surface area contributed by atoms with Gasteiger partial charge in [-0.2, -0.15) is 0 Å². The predicted molar refractivity (Wildman–Crippen MR) is 79.6 cm³/mol. The molecule has 0 aromatic heterocycles. The van der Waals surface area contributed by atoms with Gasteiger partial charge in [-0.05, 0) is 49.6 Å². The van der Waals surface area contributed by atoms with Gasteiger partial charge in [0.2, 0.25) is 0 Å². The van der Waals surface area contributed by atoms with Crippen LogP contribution >= 0.6 is 31.9 Å². The van der Waals surface area contributed by atoms with E-state index in [1.807, 2.05) is 12.1 Å². The first kappa shape index (κ1) is 15.9. The molecular formula is C11H15Br2NO3S. The first-order valence-corrected chi connectivity index (χ1v) is 8.81. The summed E-state index contributed by atoms with van der Waals surface area (Å²) < 4.78 is 29.7. The molecule has 1 rings (SSSR count). The maximum absolute atomic E-state index is 11.3. The summed E-state index contributed by atoms with van der Waals surface area (Å²) in [4.78, 5) is 0. The van der Waals surface area contributed by atoms with Crippen LogP contribution in [0.15, 0.2) is 21.1 Å². The van der Waals surface area contributed by atoms with E-state index in [1.165, 1.54) is 0 Å². The van der Waals surface area contributed by atoms with Gasteiger partial charge in [0, 0.05) is 12.3 Å². The first-order chi connectivity index (χ1) is 8.39. The van der Waals surface area contributed by atoms with Gasteiger partial charge in [-0.25, -0.2) is 8.42 Å². The minimum Gasteiger partial charge on any atom is -0.490 e. The minimum atomic E-state index is -3.00. The van der Waals surface area contributed by atoms with E-state index in [2.05, 4.69) is 31.9 Å². The molecule has 0 aliphatic rings. The highest BCUT2D eigenvalue weighted by atomic mass is 79.9. The number of hydrogen-bond acceptors (Lipinski definition) is 4. The van der Waals surface area contributed by atoms with Crippen LogP contribution in [0.25, 0.3) is 0 Å². The fraction of sp³-hybridized carbons (Fsp3) is 0.455. The quantitative estimate of drug-likeness (QED) is 0.796. The van der Waals surface area contributed by atoms with Gasteiger partial charge in [0.1, 0.15) is 12.4 Å². The van der Waals surface area contributed by atoms with Crippen molar-refractivity contribution in [2.24, 2.45) is 5.73 Å². The standard InChI is InChI=1S/C11H15Br2NO3S/c1-2-18(15,16)4-3-17-11-9(12)5-8(7-14)6-10(11)13/h5-6H,2-4,7,14H2,1H3. The number of halogens is 2. The van der Waals surface area contributed by atoms with Gasteiger partial charge < -0.3 is 10.5 Å². The lowest BCUT2D eigenvalue weighted by Gasteiger charge is -2.11. The SMILES string of the molecule is CCS(=O)(=O)CCOc1c(Br)cc(CN)cc1Br. The molecule has 0 unspecified atom stereocenters. The van der Waals surface area contributed by atoms with E-state index in [1.54, 1.807) is 6.92 Å². The van der Waals surface area contributed by atoms with Gasteiger partial charge in [-0.15, -0.1) is 0 Å². The smallest absolute Gasteiger partial charge is 0.153 e. The Morgan fingerprint density at radius 2 is 1.83 bits per heavy atom. The number of ether oxygens (including phenoxy) is 1. The van der Waals surface area contributed by atoms with E-state index in [0.29, 0.717) is 12.3 Å². The minimum absolute atomic E-state index is 0.0149. The molecule has 1 aromatic rings. The molecule has 18 heavy (non-hydrogen) atoms. The molecule has 102 valence electrons. The van der Waals surface area contributed by atoms with Crippen LogP contribution in [0.2, 0.25) is 0 Å². The lowest BCUT2D eigenvalue weighted by Crippen LogP contribution is -2.16. The molecule has 0 aliphatic carbocycles. The van der Waals surface area contributed by atoms with Crippen molar-refractivity contribution < 1.29 is 13.2 Å². The van der Waals surface area contributed by atoms with Crippen LogP contribution in [0.3, 0.4) is 0 Å². The summed E-state index contributed by atoms with van der Waals surface area (Å²) in [5.74, 6) is 0.741. The van der Waals surface area contributed by atoms with Crippen LogP contribution in [0, 0.1) is 0 Å². The van der Waals surface area contributed by atoms with Crippen LogP contribution in [-0.4, -0.2) is 26.5 Å². The zero-order valence-electron chi connectivity index (χ0n) is 9.95. The third-order valence-electron chi connectivity index (χ3n) is 2.37. The van der Waals surface area contributed by atoms with E-state index in [4.69, 9.17) is 10.5 Å². The normalized spacial score (nSPS) is 11.6. The van der Waals surface area contributed by atoms with Crippen molar-refractivity contribution in [3.63, 3.8) is 0 Å². The van der Waals surface area contributed by atoms with E-state index in [0.717, 1.165) is 14.5 Å². The van der Waals surface area contributed by atoms with E-state index in [-0.39, 0.29) is 18.1 Å². The largest absolute Gasteiger partial charge is 0.490 e. The van der Waals surface area contributed by atoms with Gasteiger partial charge in [0.05, 0.1) is 14.7 Å². The lowest BCUT2D eigenvalue weighted by molar-refractivity contribution is 0.336. The van der Waals surface area contributed by atoms with Crippen LogP contribution in [0.5, 0.6) is 5.75 Å². The third kappa shape index (κ3) is 4.53. The summed E-state index contributed by atoms with van der Waals surface area (Å²) in [5.41, 5.74) is 6.51. The molecule has 0 amide bonds. The van der Waals surface area contributed by atoms with Gasteiger partial charge in [-0.1, -0.05) is 6.92 Å². The second-order valence-corrected chi connectivity index (χ2v) is 7.86. The van der Waals surface area contributed by atoms with E-state index in [9.17, 15) is 8.42 Å². The molecule has 0 fully saturated rings. The molecule has 0 atom stereocenters. The molecule has 0 spiro atoms. The maximum atomic E-state index is 11.3. The summed E-state index contributed by atoms with van der Waals surface area (Å²) in [6.07, 6.45) is 0. The van der Waals surface area contributed by atoms with Crippen molar-refractivity contribution in [1.82, 2.24) is 0 Å². The molecule has 7 heteroatoms. The highest BCUT2D eigenvalue weighted by Gasteiger charge is 2.11. The number of hydrogen-bond donors (Lipinski definition) is 1. The number of rotatable bonds is 6. The number of benzene rings is 1. The third-order valence-corrected chi connectivity index (χ3v) is 5.22. The van der Waals surface area contributed by atoms with Crippen molar-refractivity contribution in [2.45, 2.75) is 13.5 Å². The van der Waals surface area contributed by atoms with E-state index < -0.39 is 9.84 Å². The summed E-state index contributed by atoms with van der Waals surface area (Å²) >= 11 is 6.75. The molecule has 1 aromatic carbocycles. The molecule has 0 bridgehead atoms.